The van der Waals surface area contributed by atoms with E-state index in [1.54, 1.807) is 0 Å². The van der Waals surface area contributed by atoms with E-state index in [1.807, 2.05) is 18.3 Å². The van der Waals surface area contributed by atoms with Gasteiger partial charge in [-0.1, -0.05) is 19.9 Å². The van der Waals surface area contributed by atoms with Gasteiger partial charge in [-0.2, -0.15) is 0 Å². The molecule has 1 fully saturated rings. The third-order valence-corrected chi connectivity index (χ3v) is 2.73. The molecule has 1 aliphatic rings. The van der Waals surface area contributed by atoms with Crippen LogP contribution in [0.2, 0.25) is 0 Å². The van der Waals surface area contributed by atoms with Gasteiger partial charge in [-0.3, -0.25) is 0 Å². The summed E-state index contributed by atoms with van der Waals surface area (Å²) in [5.74, 6) is 1.10. The minimum Gasteiger partial charge on any atom is -0.355 e. The molecule has 0 aliphatic carbocycles. The Morgan fingerprint density at radius 1 is 1.47 bits per heavy atom. The van der Waals surface area contributed by atoms with Crippen LogP contribution >= 0.6 is 0 Å². The zero-order valence-electron chi connectivity index (χ0n) is 9.48. The van der Waals surface area contributed by atoms with E-state index in [9.17, 15) is 0 Å². The lowest BCUT2D eigenvalue weighted by atomic mass is 10.2. The van der Waals surface area contributed by atoms with Gasteiger partial charge in [0, 0.05) is 31.4 Å². The summed E-state index contributed by atoms with van der Waals surface area (Å²) in [4.78, 5) is 6.72. The van der Waals surface area contributed by atoms with Crippen molar-refractivity contribution in [3.05, 3.63) is 24.4 Å². The van der Waals surface area contributed by atoms with Crippen LogP contribution in [0.25, 0.3) is 0 Å². The van der Waals surface area contributed by atoms with Crippen molar-refractivity contribution in [2.45, 2.75) is 32.4 Å². The van der Waals surface area contributed by atoms with Crippen molar-refractivity contribution in [3.8, 4) is 0 Å². The molecule has 2 rings (SSSR count). The standard InChI is InChI=1S/C12H19N3/c1-10(2)14-11-6-8-15(9-11)12-5-3-4-7-13-12/h3-5,7,10-11,14H,6,8-9H2,1-2H3. The smallest absolute Gasteiger partial charge is 0.128 e. The molecule has 0 amide bonds. The quantitative estimate of drug-likeness (QED) is 0.813. The predicted molar refractivity (Wildman–Crippen MR) is 63.1 cm³/mol. The average Bonchev–Trinajstić information content (AvgIpc) is 2.67. The summed E-state index contributed by atoms with van der Waals surface area (Å²) in [6, 6.07) is 7.28. The molecule has 15 heavy (non-hydrogen) atoms. The lowest BCUT2D eigenvalue weighted by Crippen LogP contribution is -2.37. The van der Waals surface area contributed by atoms with E-state index in [0.717, 1.165) is 18.9 Å². The summed E-state index contributed by atoms with van der Waals surface area (Å²) in [7, 11) is 0. The first-order valence-electron chi connectivity index (χ1n) is 5.68. The van der Waals surface area contributed by atoms with Crippen molar-refractivity contribution < 1.29 is 0 Å². The molecule has 1 atom stereocenters. The minimum absolute atomic E-state index is 0.568. The third-order valence-electron chi connectivity index (χ3n) is 2.73. The molecule has 0 radical (unpaired) electrons. The van der Waals surface area contributed by atoms with Gasteiger partial charge < -0.3 is 10.2 Å². The van der Waals surface area contributed by atoms with Crippen molar-refractivity contribution in [2.75, 3.05) is 18.0 Å². The van der Waals surface area contributed by atoms with Gasteiger partial charge in [0.1, 0.15) is 5.82 Å². The molecule has 0 aromatic carbocycles. The second-order valence-electron chi connectivity index (χ2n) is 4.44. The van der Waals surface area contributed by atoms with Gasteiger partial charge in [-0.05, 0) is 18.6 Å². The monoisotopic (exact) mass is 205 g/mol. The Balaban J connectivity index is 1.93. The zero-order chi connectivity index (χ0) is 10.7. The lowest BCUT2D eigenvalue weighted by Gasteiger charge is -2.19. The fourth-order valence-corrected chi connectivity index (χ4v) is 2.12. The second kappa shape index (κ2) is 4.62. The molecule has 82 valence electrons. The van der Waals surface area contributed by atoms with Crippen LogP contribution in [0.15, 0.2) is 24.4 Å². The van der Waals surface area contributed by atoms with Crippen molar-refractivity contribution in [1.29, 1.82) is 0 Å². The molecule has 1 aromatic heterocycles. The maximum Gasteiger partial charge on any atom is 0.128 e. The van der Waals surface area contributed by atoms with E-state index in [0.29, 0.717) is 12.1 Å². The van der Waals surface area contributed by atoms with Crippen LogP contribution in [0.5, 0.6) is 0 Å². The molecule has 3 heteroatoms. The summed E-state index contributed by atoms with van der Waals surface area (Å²) in [6.07, 6.45) is 3.08. The number of anilines is 1. The molecule has 1 saturated heterocycles. The molecular weight excluding hydrogens is 186 g/mol. The fraction of sp³-hybridized carbons (Fsp3) is 0.583. The van der Waals surface area contributed by atoms with Gasteiger partial charge in [0.2, 0.25) is 0 Å². The van der Waals surface area contributed by atoms with Gasteiger partial charge in [-0.25, -0.2) is 4.98 Å². The van der Waals surface area contributed by atoms with E-state index in [4.69, 9.17) is 0 Å². The minimum atomic E-state index is 0.568. The van der Waals surface area contributed by atoms with Gasteiger partial charge in [0.25, 0.3) is 0 Å². The van der Waals surface area contributed by atoms with E-state index >= 15 is 0 Å². The molecule has 2 heterocycles. The predicted octanol–water partition coefficient (Wildman–Crippen LogP) is 1.66. The van der Waals surface area contributed by atoms with Crippen molar-refractivity contribution in [3.63, 3.8) is 0 Å². The fourth-order valence-electron chi connectivity index (χ4n) is 2.12. The second-order valence-corrected chi connectivity index (χ2v) is 4.44. The number of nitrogens with zero attached hydrogens (tertiary/aromatic N) is 2. The van der Waals surface area contributed by atoms with Gasteiger partial charge >= 0.3 is 0 Å². The normalized spacial score (nSPS) is 21.3. The van der Waals surface area contributed by atoms with Crippen LogP contribution in [0.1, 0.15) is 20.3 Å². The third kappa shape index (κ3) is 2.69. The molecular formula is C12H19N3. The summed E-state index contributed by atoms with van der Waals surface area (Å²) < 4.78 is 0. The van der Waals surface area contributed by atoms with Crippen molar-refractivity contribution in [2.24, 2.45) is 0 Å². The SMILES string of the molecule is CC(C)NC1CCN(c2ccccn2)C1. The van der Waals surface area contributed by atoms with Gasteiger partial charge in [0.05, 0.1) is 0 Å². The van der Waals surface area contributed by atoms with E-state index < -0.39 is 0 Å². The number of pyridine rings is 1. The molecule has 1 aromatic rings. The first-order valence-corrected chi connectivity index (χ1v) is 5.68. The maximum atomic E-state index is 4.37. The molecule has 0 spiro atoms. The van der Waals surface area contributed by atoms with E-state index in [1.165, 1.54) is 6.42 Å². The van der Waals surface area contributed by atoms with Crippen LogP contribution in [0.3, 0.4) is 0 Å². The number of hydrogen-bond donors (Lipinski definition) is 1. The maximum absolute atomic E-state index is 4.37. The van der Waals surface area contributed by atoms with Crippen molar-refractivity contribution >= 4 is 5.82 Å². The molecule has 0 saturated carbocycles. The Morgan fingerprint density at radius 3 is 3.00 bits per heavy atom. The number of nitrogens with one attached hydrogen (secondary N) is 1. The van der Waals surface area contributed by atoms with Gasteiger partial charge in [-0.15, -0.1) is 0 Å². The van der Waals surface area contributed by atoms with E-state index in [2.05, 4.69) is 35.1 Å². The average molecular weight is 205 g/mol. The highest BCUT2D eigenvalue weighted by atomic mass is 15.2. The van der Waals surface area contributed by atoms with Crippen LogP contribution < -0.4 is 10.2 Å². The Bertz CT molecular complexity index is 297. The van der Waals surface area contributed by atoms with Crippen LogP contribution in [0.4, 0.5) is 5.82 Å². The first kappa shape index (κ1) is 10.4. The Kier molecular flexibility index (Phi) is 3.21. The molecule has 1 unspecified atom stereocenters. The molecule has 1 N–H and O–H groups in total. The summed E-state index contributed by atoms with van der Waals surface area (Å²) >= 11 is 0. The first-order chi connectivity index (χ1) is 7.25. The highest BCUT2D eigenvalue weighted by Crippen LogP contribution is 2.17. The molecule has 1 aliphatic heterocycles. The number of rotatable bonds is 3. The number of aromatic nitrogens is 1. The largest absolute Gasteiger partial charge is 0.355 e. The Labute approximate surface area is 91.5 Å². The Morgan fingerprint density at radius 2 is 2.33 bits per heavy atom. The summed E-state index contributed by atoms with van der Waals surface area (Å²) in [5, 5.41) is 3.57. The lowest BCUT2D eigenvalue weighted by molar-refractivity contribution is 0.492. The molecule has 0 bridgehead atoms. The summed E-state index contributed by atoms with van der Waals surface area (Å²) in [5.41, 5.74) is 0. The van der Waals surface area contributed by atoms with Crippen LogP contribution in [-0.2, 0) is 0 Å². The highest BCUT2D eigenvalue weighted by Gasteiger charge is 2.23. The highest BCUT2D eigenvalue weighted by molar-refractivity contribution is 5.39. The summed E-state index contributed by atoms with van der Waals surface area (Å²) in [6.45, 7) is 6.59. The zero-order valence-corrected chi connectivity index (χ0v) is 9.48. The van der Waals surface area contributed by atoms with E-state index in [-0.39, 0.29) is 0 Å². The number of hydrogen-bond acceptors (Lipinski definition) is 3. The van der Waals surface area contributed by atoms with Crippen LogP contribution in [0, 0.1) is 0 Å². The van der Waals surface area contributed by atoms with Crippen LogP contribution in [-0.4, -0.2) is 30.2 Å². The van der Waals surface area contributed by atoms with Crippen molar-refractivity contribution in [1.82, 2.24) is 10.3 Å². The van der Waals surface area contributed by atoms with Gasteiger partial charge in [0.15, 0.2) is 0 Å². The molecule has 3 nitrogen and oxygen atoms in total. The Hall–Kier alpha value is -1.09. The topological polar surface area (TPSA) is 28.2 Å².